The van der Waals surface area contributed by atoms with E-state index in [-0.39, 0.29) is 13.1 Å². The van der Waals surface area contributed by atoms with Crippen molar-refractivity contribution in [3.05, 3.63) is 60.1 Å². The number of nitrogens with one attached hydrogen (secondary N) is 1. The Labute approximate surface area is 148 Å². The van der Waals surface area contributed by atoms with Crippen molar-refractivity contribution in [1.82, 2.24) is 4.90 Å². The zero-order valence-corrected chi connectivity index (χ0v) is 13.9. The van der Waals surface area contributed by atoms with E-state index in [1.54, 1.807) is 30.3 Å². The predicted octanol–water partition coefficient (Wildman–Crippen LogP) is 3.84. The second-order valence-electron chi connectivity index (χ2n) is 5.36. The largest absolute Gasteiger partial charge is 0.471 e. The van der Waals surface area contributed by atoms with Crippen molar-refractivity contribution in [1.29, 1.82) is 0 Å². The number of nitrogens with zero attached hydrogens (tertiary/aromatic N) is 1. The number of amides is 2. The molecule has 0 aliphatic rings. The van der Waals surface area contributed by atoms with Crippen molar-refractivity contribution < 1.29 is 27.2 Å². The number of carbonyl (C=O) groups is 2. The Morgan fingerprint density at radius 3 is 2.62 bits per heavy atom. The van der Waals surface area contributed by atoms with Crippen LogP contribution in [0, 0.1) is 0 Å². The van der Waals surface area contributed by atoms with E-state index in [0.29, 0.717) is 21.9 Å². The van der Waals surface area contributed by atoms with E-state index in [1.807, 2.05) is 0 Å². The molecule has 0 saturated carbocycles. The van der Waals surface area contributed by atoms with Gasteiger partial charge in [0.15, 0.2) is 0 Å². The summed E-state index contributed by atoms with van der Waals surface area (Å²) in [7, 11) is 0. The van der Waals surface area contributed by atoms with E-state index in [9.17, 15) is 22.8 Å². The summed E-state index contributed by atoms with van der Waals surface area (Å²) in [6, 6.07) is 9.66. The van der Waals surface area contributed by atoms with E-state index < -0.39 is 18.0 Å². The fourth-order valence-electron chi connectivity index (χ4n) is 2.20. The summed E-state index contributed by atoms with van der Waals surface area (Å²) in [5, 5.41) is 2.60. The molecule has 2 amide bonds. The third-order valence-electron chi connectivity index (χ3n) is 3.42. The van der Waals surface area contributed by atoms with Gasteiger partial charge < -0.3 is 14.6 Å². The molecular weight excluding hydrogens is 349 g/mol. The molecule has 0 fully saturated rings. The number of furan rings is 1. The number of benzene rings is 1. The lowest BCUT2D eigenvalue weighted by molar-refractivity contribution is -0.185. The summed E-state index contributed by atoms with van der Waals surface area (Å²) in [6.45, 7) is 1.18. The standard InChI is InChI=1S/C18H17F3N2O3/c1-2-23(17(25)18(19,20)21)12-13-5-3-6-14(11-13)22-16(24)9-8-15-7-4-10-26-15/h3-11H,2,12H2,1H3,(H,22,24)/b9-8+. The minimum Gasteiger partial charge on any atom is -0.465 e. The SMILES string of the molecule is CCN(Cc1cccc(NC(=O)/C=C/c2ccco2)c1)C(=O)C(F)(F)F. The molecule has 1 aromatic carbocycles. The average Bonchev–Trinajstić information content (AvgIpc) is 3.10. The highest BCUT2D eigenvalue weighted by Crippen LogP contribution is 2.21. The molecule has 0 unspecified atom stereocenters. The Morgan fingerprint density at radius 2 is 2.00 bits per heavy atom. The van der Waals surface area contributed by atoms with Crippen LogP contribution in [0.25, 0.3) is 6.08 Å². The molecule has 1 aromatic heterocycles. The monoisotopic (exact) mass is 366 g/mol. The minimum atomic E-state index is -4.92. The molecule has 0 spiro atoms. The van der Waals surface area contributed by atoms with Crippen molar-refractivity contribution in [2.75, 3.05) is 11.9 Å². The van der Waals surface area contributed by atoms with Crippen LogP contribution in [0.3, 0.4) is 0 Å². The van der Waals surface area contributed by atoms with Crippen LogP contribution in [0.1, 0.15) is 18.2 Å². The van der Waals surface area contributed by atoms with E-state index in [0.717, 1.165) is 0 Å². The number of carbonyl (C=O) groups excluding carboxylic acids is 2. The zero-order chi connectivity index (χ0) is 19.2. The van der Waals surface area contributed by atoms with Gasteiger partial charge >= 0.3 is 12.1 Å². The zero-order valence-electron chi connectivity index (χ0n) is 13.9. The molecule has 0 bridgehead atoms. The highest BCUT2D eigenvalue weighted by Gasteiger charge is 2.41. The second kappa shape index (κ2) is 8.37. The molecule has 0 aliphatic carbocycles. The summed E-state index contributed by atoms with van der Waals surface area (Å²) >= 11 is 0. The summed E-state index contributed by atoms with van der Waals surface area (Å²) < 4.78 is 42.8. The van der Waals surface area contributed by atoms with E-state index >= 15 is 0 Å². The normalized spacial score (nSPS) is 11.5. The molecule has 0 saturated heterocycles. The van der Waals surface area contributed by atoms with Crippen LogP contribution in [0.5, 0.6) is 0 Å². The van der Waals surface area contributed by atoms with Crippen molar-refractivity contribution >= 4 is 23.6 Å². The van der Waals surface area contributed by atoms with Crippen molar-refractivity contribution in [3.63, 3.8) is 0 Å². The fourth-order valence-corrected chi connectivity index (χ4v) is 2.20. The smallest absolute Gasteiger partial charge is 0.465 e. The Kier molecular flexibility index (Phi) is 6.21. The maximum Gasteiger partial charge on any atom is 0.471 e. The molecule has 0 atom stereocenters. The third kappa shape index (κ3) is 5.51. The van der Waals surface area contributed by atoms with Crippen molar-refractivity contribution in [2.24, 2.45) is 0 Å². The first-order valence-corrected chi connectivity index (χ1v) is 7.77. The molecule has 5 nitrogen and oxygen atoms in total. The van der Waals surface area contributed by atoms with Gasteiger partial charge in [0.05, 0.1) is 6.26 Å². The van der Waals surface area contributed by atoms with Crippen molar-refractivity contribution in [2.45, 2.75) is 19.6 Å². The lowest BCUT2D eigenvalue weighted by Crippen LogP contribution is -2.40. The topological polar surface area (TPSA) is 62.6 Å². The van der Waals surface area contributed by atoms with Gasteiger partial charge in [0.2, 0.25) is 5.91 Å². The Hall–Kier alpha value is -3.03. The maximum atomic E-state index is 12.6. The average molecular weight is 366 g/mol. The Bertz CT molecular complexity index is 783. The Morgan fingerprint density at radius 1 is 1.23 bits per heavy atom. The van der Waals surface area contributed by atoms with E-state index in [4.69, 9.17) is 4.42 Å². The molecule has 0 radical (unpaired) electrons. The lowest BCUT2D eigenvalue weighted by Gasteiger charge is -2.22. The van der Waals surface area contributed by atoms with Crippen LogP contribution in [-0.2, 0) is 16.1 Å². The molecule has 1 heterocycles. The van der Waals surface area contributed by atoms with Gasteiger partial charge in [0, 0.05) is 24.9 Å². The second-order valence-corrected chi connectivity index (χ2v) is 5.36. The molecule has 8 heteroatoms. The molecule has 138 valence electrons. The van der Waals surface area contributed by atoms with Crippen LogP contribution in [0.15, 0.2) is 53.2 Å². The summed E-state index contributed by atoms with van der Waals surface area (Å²) in [5.41, 5.74) is 0.879. The highest BCUT2D eigenvalue weighted by atomic mass is 19.4. The van der Waals surface area contributed by atoms with Gasteiger partial charge in [-0.15, -0.1) is 0 Å². The van der Waals surface area contributed by atoms with E-state index in [2.05, 4.69) is 5.32 Å². The number of rotatable bonds is 6. The van der Waals surface area contributed by atoms with Crippen LogP contribution in [0.2, 0.25) is 0 Å². The van der Waals surface area contributed by atoms with Crippen molar-refractivity contribution in [3.8, 4) is 0 Å². The van der Waals surface area contributed by atoms with Crippen LogP contribution < -0.4 is 5.32 Å². The van der Waals surface area contributed by atoms with Crippen LogP contribution in [-0.4, -0.2) is 29.4 Å². The van der Waals surface area contributed by atoms with Gasteiger partial charge in [-0.3, -0.25) is 9.59 Å². The fraction of sp³-hybridized carbons (Fsp3) is 0.222. The van der Waals surface area contributed by atoms with Gasteiger partial charge in [-0.2, -0.15) is 13.2 Å². The quantitative estimate of drug-likeness (QED) is 0.790. The number of hydrogen-bond acceptors (Lipinski definition) is 3. The first-order valence-electron chi connectivity index (χ1n) is 7.77. The molecule has 2 rings (SSSR count). The van der Waals surface area contributed by atoms with E-state index in [1.165, 1.54) is 31.4 Å². The summed E-state index contributed by atoms with van der Waals surface area (Å²) in [4.78, 5) is 24.0. The number of anilines is 1. The summed E-state index contributed by atoms with van der Waals surface area (Å²) in [5.74, 6) is -1.80. The molecule has 1 N–H and O–H groups in total. The van der Waals surface area contributed by atoms with Crippen LogP contribution >= 0.6 is 0 Å². The Balaban J connectivity index is 2.02. The molecule has 26 heavy (non-hydrogen) atoms. The van der Waals surface area contributed by atoms with Gasteiger partial charge in [0.25, 0.3) is 0 Å². The van der Waals surface area contributed by atoms with Gasteiger partial charge in [-0.25, -0.2) is 0 Å². The van der Waals surface area contributed by atoms with Gasteiger partial charge in [-0.05, 0) is 42.8 Å². The molecule has 2 aromatic rings. The summed E-state index contributed by atoms with van der Waals surface area (Å²) in [6.07, 6.45) is -0.682. The van der Waals surface area contributed by atoms with Gasteiger partial charge in [0.1, 0.15) is 5.76 Å². The first-order chi connectivity index (χ1) is 12.3. The predicted molar refractivity (Wildman–Crippen MR) is 90.0 cm³/mol. The number of hydrogen-bond donors (Lipinski definition) is 1. The van der Waals surface area contributed by atoms with Crippen LogP contribution in [0.4, 0.5) is 18.9 Å². The van der Waals surface area contributed by atoms with Gasteiger partial charge in [-0.1, -0.05) is 12.1 Å². The highest BCUT2D eigenvalue weighted by molar-refractivity contribution is 6.01. The number of alkyl halides is 3. The minimum absolute atomic E-state index is 0.0825. The maximum absolute atomic E-state index is 12.6. The third-order valence-corrected chi connectivity index (χ3v) is 3.42. The first kappa shape index (κ1) is 19.3. The molecular formula is C18H17F3N2O3. The lowest BCUT2D eigenvalue weighted by atomic mass is 10.2. The number of halogens is 3. The molecule has 0 aliphatic heterocycles.